The maximum absolute atomic E-state index is 12.8. The molecule has 1 aromatic rings. The first kappa shape index (κ1) is 21.5. The molecule has 1 aromatic carbocycles. The molecule has 1 saturated carbocycles. The summed E-state index contributed by atoms with van der Waals surface area (Å²) in [6, 6.07) is 8.35. The lowest BCUT2D eigenvalue weighted by atomic mass is 9.88. The third-order valence-corrected chi connectivity index (χ3v) is 5.98. The van der Waals surface area contributed by atoms with E-state index in [1.165, 1.54) is 24.8 Å². The number of carbonyl (C=O) groups is 1. The number of hydrogen-bond donors (Lipinski definition) is 2. The first-order valence-corrected chi connectivity index (χ1v) is 11.2. The van der Waals surface area contributed by atoms with Crippen LogP contribution in [0.2, 0.25) is 0 Å². The Bertz CT molecular complexity index is 685. The minimum absolute atomic E-state index is 0.255. The second kappa shape index (κ2) is 11.1. The lowest BCUT2D eigenvalue weighted by Gasteiger charge is -2.26. The van der Waals surface area contributed by atoms with E-state index in [1.54, 1.807) is 7.11 Å². The summed E-state index contributed by atoms with van der Waals surface area (Å²) in [4.78, 5) is 19.6. The number of nitrogens with zero attached hydrogens (tertiary/aromatic N) is 2. The second-order valence-corrected chi connectivity index (χ2v) is 8.07. The van der Waals surface area contributed by atoms with Crippen LogP contribution < -0.4 is 15.4 Å². The summed E-state index contributed by atoms with van der Waals surface area (Å²) in [5.74, 6) is 2.37. The summed E-state index contributed by atoms with van der Waals surface area (Å²) in [6.45, 7) is 5.22. The van der Waals surface area contributed by atoms with Crippen molar-refractivity contribution in [1.29, 1.82) is 0 Å². The van der Waals surface area contributed by atoms with Crippen molar-refractivity contribution in [2.45, 2.75) is 57.9 Å². The van der Waals surface area contributed by atoms with Crippen LogP contribution in [0.4, 0.5) is 0 Å². The van der Waals surface area contributed by atoms with Crippen LogP contribution in [0.5, 0.6) is 5.75 Å². The van der Waals surface area contributed by atoms with E-state index in [1.807, 2.05) is 18.2 Å². The van der Waals surface area contributed by atoms with Crippen molar-refractivity contribution in [2.24, 2.45) is 10.9 Å². The van der Waals surface area contributed by atoms with Crippen LogP contribution in [0.25, 0.3) is 0 Å². The molecule has 1 aliphatic carbocycles. The Labute approximate surface area is 175 Å². The molecule has 2 aliphatic rings. The lowest BCUT2D eigenvalue weighted by Crippen LogP contribution is -2.45. The van der Waals surface area contributed by atoms with Crippen LogP contribution in [-0.4, -0.2) is 56.1 Å². The van der Waals surface area contributed by atoms with E-state index in [-0.39, 0.29) is 12.0 Å². The summed E-state index contributed by atoms with van der Waals surface area (Å²) < 4.78 is 5.42. The third-order valence-electron chi connectivity index (χ3n) is 5.98. The summed E-state index contributed by atoms with van der Waals surface area (Å²) >= 11 is 0. The number of para-hydroxylation sites is 1. The molecule has 29 heavy (non-hydrogen) atoms. The van der Waals surface area contributed by atoms with Gasteiger partial charge in [-0.2, -0.15) is 0 Å². The normalized spacial score (nSPS) is 20.6. The van der Waals surface area contributed by atoms with Crippen LogP contribution >= 0.6 is 0 Å². The highest BCUT2D eigenvalue weighted by Crippen LogP contribution is 2.26. The number of amides is 1. The number of hydrogen-bond acceptors (Lipinski definition) is 3. The molecule has 1 aliphatic heterocycles. The van der Waals surface area contributed by atoms with Gasteiger partial charge in [0.2, 0.25) is 5.91 Å². The standard InChI is InChI=1S/C23H36N4O2/c1-3-24-23(25-15-13-18-9-7-8-12-21(18)29-2)26-20-14-16-27(17-20)22(28)19-10-5-4-6-11-19/h7-9,12,19-20H,3-6,10-11,13-17H2,1-2H3,(H2,24,25,26). The highest BCUT2D eigenvalue weighted by Gasteiger charge is 2.31. The highest BCUT2D eigenvalue weighted by molar-refractivity contribution is 5.81. The van der Waals surface area contributed by atoms with Gasteiger partial charge in [0, 0.05) is 38.1 Å². The van der Waals surface area contributed by atoms with Crippen molar-refractivity contribution >= 4 is 11.9 Å². The SMILES string of the molecule is CCNC(=NCCc1ccccc1OC)NC1CCN(C(=O)C2CCCCC2)C1. The largest absolute Gasteiger partial charge is 0.496 e. The molecule has 1 amide bonds. The molecule has 0 radical (unpaired) electrons. The second-order valence-electron chi connectivity index (χ2n) is 8.07. The van der Waals surface area contributed by atoms with Gasteiger partial charge >= 0.3 is 0 Å². The molecule has 1 atom stereocenters. The number of rotatable bonds is 7. The number of carbonyl (C=O) groups excluding carboxylic acids is 1. The molecule has 2 N–H and O–H groups in total. The van der Waals surface area contributed by atoms with Crippen LogP contribution in [0, 0.1) is 5.92 Å². The molecular formula is C23H36N4O2. The van der Waals surface area contributed by atoms with Gasteiger partial charge in [-0.25, -0.2) is 0 Å². The predicted molar refractivity (Wildman–Crippen MR) is 117 cm³/mol. The van der Waals surface area contributed by atoms with Crippen molar-refractivity contribution in [1.82, 2.24) is 15.5 Å². The number of ether oxygens (including phenoxy) is 1. The number of benzene rings is 1. The molecule has 160 valence electrons. The molecule has 1 heterocycles. The molecule has 1 saturated heterocycles. The molecule has 3 rings (SSSR count). The molecule has 0 bridgehead atoms. The van der Waals surface area contributed by atoms with Gasteiger partial charge in [-0.05, 0) is 44.2 Å². The van der Waals surface area contributed by atoms with E-state index >= 15 is 0 Å². The van der Waals surface area contributed by atoms with Gasteiger partial charge in [-0.3, -0.25) is 9.79 Å². The summed E-state index contributed by atoms with van der Waals surface area (Å²) in [7, 11) is 1.70. The number of likely N-dealkylation sites (tertiary alicyclic amines) is 1. The summed E-state index contributed by atoms with van der Waals surface area (Å²) in [5.41, 5.74) is 1.17. The van der Waals surface area contributed by atoms with Gasteiger partial charge in [0.05, 0.1) is 7.11 Å². The Kier molecular flexibility index (Phi) is 8.20. The maximum Gasteiger partial charge on any atom is 0.225 e. The Balaban J connectivity index is 1.50. The fourth-order valence-corrected chi connectivity index (χ4v) is 4.40. The van der Waals surface area contributed by atoms with E-state index in [0.717, 1.165) is 57.0 Å². The van der Waals surface area contributed by atoms with Crippen LogP contribution in [0.15, 0.2) is 29.3 Å². The monoisotopic (exact) mass is 400 g/mol. The van der Waals surface area contributed by atoms with Gasteiger partial charge in [0.15, 0.2) is 5.96 Å². The van der Waals surface area contributed by atoms with Crippen molar-refractivity contribution in [3.63, 3.8) is 0 Å². The Morgan fingerprint density at radius 1 is 1.21 bits per heavy atom. The first-order valence-electron chi connectivity index (χ1n) is 11.2. The average molecular weight is 401 g/mol. The molecule has 0 spiro atoms. The lowest BCUT2D eigenvalue weighted by molar-refractivity contribution is -0.135. The van der Waals surface area contributed by atoms with Gasteiger partial charge < -0.3 is 20.3 Å². The molecule has 6 heteroatoms. The first-order chi connectivity index (χ1) is 14.2. The summed E-state index contributed by atoms with van der Waals surface area (Å²) in [5, 5.41) is 6.87. The Morgan fingerprint density at radius 2 is 2.00 bits per heavy atom. The molecule has 1 unspecified atom stereocenters. The van der Waals surface area contributed by atoms with Crippen LogP contribution in [0.1, 0.15) is 51.0 Å². The smallest absolute Gasteiger partial charge is 0.225 e. The van der Waals surface area contributed by atoms with Crippen molar-refractivity contribution in [3.8, 4) is 5.75 Å². The predicted octanol–water partition coefficient (Wildman–Crippen LogP) is 2.97. The zero-order valence-electron chi connectivity index (χ0n) is 18.0. The van der Waals surface area contributed by atoms with Gasteiger partial charge in [-0.15, -0.1) is 0 Å². The van der Waals surface area contributed by atoms with Crippen molar-refractivity contribution in [2.75, 3.05) is 33.3 Å². The van der Waals surface area contributed by atoms with Crippen molar-refractivity contribution < 1.29 is 9.53 Å². The zero-order valence-corrected chi connectivity index (χ0v) is 18.0. The molecule has 6 nitrogen and oxygen atoms in total. The van der Waals surface area contributed by atoms with E-state index < -0.39 is 0 Å². The minimum atomic E-state index is 0.255. The fraction of sp³-hybridized carbons (Fsp3) is 0.652. The van der Waals surface area contributed by atoms with Gasteiger partial charge in [0.1, 0.15) is 5.75 Å². The number of aliphatic imine (C=N–C) groups is 1. The van der Waals surface area contributed by atoms with E-state index in [0.29, 0.717) is 12.5 Å². The highest BCUT2D eigenvalue weighted by atomic mass is 16.5. The molecular weight excluding hydrogens is 364 g/mol. The number of guanidine groups is 1. The van der Waals surface area contributed by atoms with Gasteiger partial charge in [-0.1, -0.05) is 37.5 Å². The van der Waals surface area contributed by atoms with Crippen LogP contribution in [-0.2, 0) is 11.2 Å². The van der Waals surface area contributed by atoms with E-state index in [9.17, 15) is 4.79 Å². The topological polar surface area (TPSA) is 66.0 Å². The maximum atomic E-state index is 12.8. The van der Waals surface area contributed by atoms with Crippen molar-refractivity contribution in [3.05, 3.63) is 29.8 Å². The number of methoxy groups -OCH3 is 1. The Morgan fingerprint density at radius 3 is 2.76 bits per heavy atom. The van der Waals surface area contributed by atoms with E-state index in [2.05, 4.69) is 28.5 Å². The fourth-order valence-electron chi connectivity index (χ4n) is 4.40. The van der Waals surface area contributed by atoms with E-state index in [4.69, 9.17) is 9.73 Å². The minimum Gasteiger partial charge on any atom is -0.496 e. The van der Waals surface area contributed by atoms with Crippen LogP contribution in [0.3, 0.4) is 0 Å². The zero-order chi connectivity index (χ0) is 20.5. The Hall–Kier alpha value is -2.24. The summed E-state index contributed by atoms with van der Waals surface area (Å²) in [6.07, 6.45) is 7.64. The van der Waals surface area contributed by atoms with Gasteiger partial charge in [0.25, 0.3) is 0 Å². The average Bonchev–Trinajstić information content (AvgIpc) is 3.22. The number of nitrogens with one attached hydrogen (secondary N) is 2. The molecule has 2 fully saturated rings. The molecule has 0 aromatic heterocycles. The third kappa shape index (κ3) is 6.12. The quantitative estimate of drug-likeness (QED) is 0.546.